The van der Waals surface area contributed by atoms with Crippen LogP contribution in [0.5, 0.6) is 0 Å². The van der Waals surface area contributed by atoms with E-state index in [-0.39, 0.29) is 18.0 Å². The van der Waals surface area contributed by atoms with Crippen LogP contribution in [0.2, 0.25) is 10.0 Å². The SMILES string of the molecule is O=C(Cn1nc(-c2ccc(Cl)cc2)ccc1=O)Nc1cccc(Cl)c1. The standard InChI is InChI=1S/C18H13Cl2N3O2/c19-13-6-4-12(5-7-13)16-8-9-18(25)23(22-16)11-17(24)21-15-3-1-2-14(20)10-15/h1-10H,11H2,(H,21,24). The molecule has 0 bridgehead atoms. The minimum atomic E-state index is -0.370. The zero-order chi connectivity index (χ0) is 17.8. The van der Waals surface area contributed by atoms with Gasteiger partial charge in [-0.15, -0.1) is 0 Å². The minimum Gasteiger partial charge on any atom is -0.324 e. The van der Waals surface area contributed by atoms with Gasteiger partial charge < -0.3 is 5.32 Å². The van der Waals surface area contributed by atoms with Gasteiger partial charge in [0.1, 0.15) is 6.54 Å². The molecule has 0 radical (unpaired) electrons. The third-order valence-corrected chi connectivity index (χ3v) is 3.90. The van der Waals surface area contributed by atoms with Gasteiger partial charge in [-0.3, -0.25) is 9.59 Å². The summed E-state index contributed by atoms with van der Waals surface area (Å²) < 4.78 is 1.11. The monoisotopic (exact) mass is 373 g/mol. The van der Waals surface area contributed by atoms with Gasteiger partial charge in [-0.2, -0.15) is 5.10 Å². The molecule has 25 heavy (non-hydrogen) atoms. The number of benzene rings is 2. The quantitative estimate of drug-likeness (QED) is 0.755. The van der Waals surface area contributed by atoms with Crippen LogP contribution in [0.15, 0.2) is 65.5 Å². The van der Waals surface area contributed by atoms with Crippen LogP contribution >= 0.6 is 23.2 Å². The van der Waals surface area contributed by atoms with Crippen LogP contribution in [-0.2, 0) is 11.3 Å². The van der Waals surface area contributed by atoms with Gasteiger partial charge in [0, 0.05) is 27.4 Å². The van der Waals surface area contributed by atoms with Gasteiger partial charge in [-0.05, 0) is 36.4 Å². The van der Waals surface area contributed by atoms with Crippen LogP contribution < -0.4 is 10.9 Å². The Morgan fingerprint density at radius 3 is 2.48 bits per heavy atom. The van der Waals surface area contributed by atoms with Crippen LogP contribution in [0, 0.1) is 0 Å². The Morgan fingerprint density at radius 1 is 1.00 bits per heavy atom. The molecule has 1 aromatic heterocycles. The molecule has 5 nitrogen and oxygen atoms in total. The summed E-state index contributed by atoms with van der Waals surface area (Å²) in [6.07, 6.45) is 0. The van der Waals surface area contributed by atoms with E-state index in [1.165, 1.54) is 6.07 Å². The number of hydrogen-bond donors (Lipinski definition) is 1. The van der Waals surface area contributed by atoms with Crippen molar-refractivity contribution < 1.29 is 4.79 Å². The number of carbonyl (C=O) groups is 1. The van der Waals surface area contributed by atoms with E-state index in [4.69, 9.17) is 23.2 Å². The molecular weight excluding hydrogens is 361 g/mol. The predicted octanol–water partition coefficient (Wildman–Crippen LogP) is 3.86. The Bertz CT molecular complexity index is 969. The molecule has 0 aliphatic heterocycles. The average Bonchev–Trinajstić information content (AvgIpc) is 2.57. The molecule has 1 N–H and O–H groups in total. The Morgan fingerprint density at radius 2 is 1.76 bits per heavy atom. The number of aromatic nitrogens is 2. The molecule has 126 valence electrons. The van der Waals surface area contributed by atoms with E-state index in [1.54, 1.807) is 54.6 Å². The minimum absolute atomic E-state index is 0.202. The van der Waals surface area contributed by atoms with E-state index in [0.29, 0.717) is 21.4 Å². The summed E-state index contributed by atoms with van der Waals surface area (Å²) in [7, 11) is 0. The molecule has 0 spiro atoms. The molecule has 0 aliphatic rings. The summed E-state index contributed by atoms with van der Waals surface area (Å²) in [5.74, 6) is -0.370. The second-order valence-corrected chi connectivity index (χ2v) is 6.15. The number of nitrogens with zero attached hydrogens (tertiary/aromatic N) is 2. The highest BCUT2D eigenvalue weighted by Gasteiger charge is 2.09. The van der Waals surface area contributed by atoms with Crippen molar-refractivity contribution in [3.8, 4) is 11.3 Å². The molecule has 1 amide bonds. The van der Waals surface area contributed by atoms with Crippen molar-refractivity contribution in [3.63, 3.8) is 0 Å². The van der Waals surface area contributed by atoms with Crippen LogP contribution in [0.25, 0.3) is 11.3 Å². The van der Waals surface area contributed by atoms with Gasteiger partial charge in [-0.25, -0.2) is 4.68 Å². The topological polar surface area (TPSA) is 64.0 Å². The third-order valence-electron chi connectivity index (χ3n) is 3.41. The lowest BCUT2D eigenvalue weighted by Gasteiger charge is -2.08. The van der Waals surface area contributed by atoms with Crippen molar-refractivity contribution in [1.82, 2.24) is 9.78 Å². The molecular formula is C18H13Cl2N3O2. The van der Waals surface area contributed by atoms with Gasteiger partial charge in [0.2, 0.25) is 5.91 Å². The van der Waals surface area contributed by atoms with Crippen molar-refractivity contribution in [2.75, 3.05) is 5.32 Å². The maximum Gasteiger partial charge on any atom is 0.267 e. The largest absolute Gasteiger partial charge is 0.324 e. The summed E-state index contributed by atoms with van der Waals surface area (Å²) in [6.45, 7) is -0.202. The molecule has 0 aliphatic carbocycles. The predicted molar refractivity (Wildman–Crippen MR) is 99.0 cm³/mol. The molecule has 3 rings (SSSR count). The molecule has 3 aromatic rings. The van der Waals surface area contributed by atoms with Crippen molar-refractivity contribution in [1.29, 1.82) is 0 Å². The zero-order valence-corrected chi connectivity index (χ0v) is 14.5. The number of anilines is 1. The fourth-order valence-electron chi connectivity index (χ4n) is 2.24. The Hall–Kier alpha value is -2.63. The van der Waals surface area contributed by atoms with Crippen LogP contribution in [0.1, 0.15) is 0 Å². The summed E-state index contributed by atoms with van der Waals surface area (Å²) in [6, 6.07) is 16.8. The maximum absolute atomic E-state index is 12.2. The Balaban J connectivity index is 1.80. The molecule has 0 unspecified atom stereocenters. The lowest BCUT2D eigenvalue weighted by molar-refractivity contribution is -0.117. The molecule has 2 aromatic carbocycles. The Kier molecular flexibility index (Phi) is 5.16. The lowest BCUT2D eigenvalue weighted by Crippen LogP contribution is -2.29. The molecule has 1 heterocycles. The van der Waals surface area contributed by atoms with Crippen LogP contribution in [0.4, 0.5) is 5.69 Å². The highest BCUT2D eigenvalue weighted by Crippen LogP contribution is 2.18. The maximum atomic E-state index is 12.2. The lowest BCUT2D eigenvalue weighted by atomic mass is 10.1. The van der Waals surface area contributed by atoms with Crippen molar-refractivity contribution >= 4 is 34.8 Å². The van der Waals surface area contributed by atoms with Gasteiger partial charge in [0.05, 0.1) is 5.69 Å². The number of carbonyl (C=O) groups excluding carboxylic acids is 1. The van der Waals surface area contributed by atoms with Gasteiger partial charge in [-0.1, -0.05) is 41.4 Å². The van der Waals surface area contributed by atoms with Crippen LogP contribution in [0.3, 0.4) is 0 Å². The fourth-order valence-corrected chi connectivity index (χ4v) is 2.56. The first kappa shape index (κ1) is 17.2. The van der Waals surface area contributed by atoms with Crippen molar-refractivity contribution in [2.24, 2.45) is 0 Å². The smallest absolute Gasteiger partial charge is 0.267 e. The molecule has 0 saturated heterocycles. The van der Waals surface area contributed by atoms with E-state index in [9.17, 15) is 9.59 Å². The number of halogens is 2. The van der Waals surface area contributed by atoms with E-state index in [2.05, 4.69) is 10.4 Å². The Labute approximate surface area is 153 Å². The van der Waals surface area contributed by atoms with Crippen molar-refractivity contribution in [2.45, 2.75) is 6.54 Å². The number of amides is 1. The summed E-state index contributed by atoms with van der Waals surface area (Å²) in [5.41, 5.74) is 1.57. The number of nitrogens with one attached hydrogen (secondary N) is 1. The summed E-state index contributed by atoms with van der Waals surface area (Å²) in [5, 5.41) is 8.05. The first-order chi connectivity index (χ1) is 12.0. The van der Waals surface area contributed by atoms with Gasteiger partial charge >= 0.3 is 0 Å². The first-order valence-electron chi connectivity index (χ1n) is 7.41. The third kappa shape index (κ3) is 4.47. The van der Waals surface area contributed by atoms with E-state index < -0.39 is 0 Å². The van der Waals surface area contributed by atoms with Gasteiger partial charge in [0.25, 0.3) is 5.56 Å². The van der Waals surface area contributed by atoms with Crippen molar-refractivity contribution in [3.05, 3.63) is 81.1 Å². The van der Waals surface area contributed by atoms with E-state index >= 15 is 0 Å². The molecule has 0 fully saturated rings. The number of rotatable bonds is 4. The molecule has 0 saturated carbocycles. The normalized spacial score (nSPS) is 10.5. The molecule has 0 atom stereocenters. The van der Waals surface area contributed by atoms with E-state index in [1.807, 2.05) is 0 Å². The summed E-state index contributed by atoms with van der Waals surface area (Å²) in [4.78, 5) is 24.1. The number of hydrogen-bond acceptors (Lipinski definition) is 3. The second-order valence-electron chi connectivity index (χ2n) is 5.28. The fraction of sp³-hybridized carbons (Fsp3) is 0.0556. The van der Waals surface area contributed by atoms with Crippen LogP contribution in [-0.4, -0.2) is 15.7 Å². The highest BCUT2D eigenvalue weighted by molar-refractivity contribution is 6.31. The van der Waals surface area contributed by atoms with Gasteiger partial charge in [0.15, 0.2) is 0 Å². The molecule has 7 heteroatoms. The highest BCUT2D eigenvalue weighted by atomic mass is 35.5. The first-order valence-corrected chi connectivity index (χ1v) is 8.16. The van der Waals surface area contributed by atoms with E-state index in [0.717, 1.165) is 10.2 Å². The second kappa shape index (κ2) is 7.51. The zero-order valence-electron chi connectivity index (χ0n) is 12.9. The summed E-state index contributed by atoms with van der Waals surface area (Å²) >= 11 is 11.8. The average molecular weight is 374 g/mol.